The number of carbonyl (C=O) groups is 2. The number of nitrogens with one attached hydrogen (secondary N) is 1. The van der Waals surface area contributed by atoms with Crippen molar-refractivity contribution >= 4 is 46.6 Å². The number of benzene rings is 2. The van der Waals surface area contributed by atoms with Crippen LogP contribution in [0.25, 0.3) is 0 Å². The van der Waals surface area contributed by atoms with Crippen LogP contribution in [0.3, 0.4) is 0 Å². The van der Waals surface area contributed by atoms with Crippen LogP contribution in [0.15, 0.2) is 42.5 Å². The number of nitrogens with zero attached hydrogens (tertiary/aromatic N) is 1. The fourth-order valence-electron chi connectivity index (χ4n) is 3.01. The van der Waals surface area contributed by atoms with E-state index in [1.54, 1.807) is 42.5 Å². The Kier molecular flexibility index (Phi) is 9.04. The third kappa shape index (κ3) is 7.60. The van der Waals surface area contributed by atoms with Crippen molar-refractivity contribution < 1.29 is 14.3 Å². The number of ether oxygens (including phenoxy) is 1. The molecular formula is C23H27Cl3N2O3. The minimum absolute atomic E-state index is 0.0757. The predicted octanol–water partition coefficient (Wildman–Crippen LogP) is 5.75. The van der Waals surface area contributed by atoms with E-state index in [0.717, 1.165) is 0 Å². The molecule has 0 saturated heterocycles. The second-order valence-electron chi connectivity index (χ2n) is 8.13. The van der Waals surface area contributed by atoms with Crippen molar-refractivity contribution in [2.75, 3.05) is 6.61 Å². The molecule has 1 atom stereocenters. The highest BCUT2D eigenvalue weighted by atomic mass is 35.5. The van der Waals surface area contributed by atoms with E-state index < -0.39 is 11.6 Å². The van der Waals surface area contributed by atoms with E-state index in [-0.39, 0.29) is 25.0 Å². The third-order valence-corrected chi connectivity index (χ3v) is 5.38. The Morgan fingerprint density at radius 2 is 1.68 bits per heavy atom. The zero-order valence-electron chi connectivity index (χ0n) is 18.0. The van der Waals surface area contributed by atoms with E-state index in [1.807, 2.05) is 27.7 Å². The number of hydrogen-bond donors (Lipinski definition) is 1. The number of carbonyl (C=O) groups excluding carboxylic acids is 2. The number of hydrogen-bond acceptors (Lipinski definition) is 3. The topological polar surface area (TPSA) is 58.6 Å². The van der Waals surface area contributed by atoms with Crippen molar-refractivity contribution in [3.63, 3.8) is 0 Å². The van der Waals surface area contributed by atoms with Gasteiger partial charge in [0.1, 0.15) is 11.8 Å². The Hall–Kier alpha value is -1.95. The van der Waals surface area contributed by atoms with Crippen LogP contribution in [-0.2, 0) is 16.1 Å². The Balaban J connectivity index is 2.31. The normalized spacial score (nSPS) is 12.2. The fourth-order valence-corrected chi connectivity index (χ4v) is 3.71. The molecule has 0 saturated carbocycles. The quantitative estimate of drug-likeness (QED) is 0.518. The van der Waals surface area contributed by atoms with Crippen molar-refractivity contribution in [1.82, 2.24) is 10.2 Å². The lowest BCUT2D eigenvalue weighted by Gasteiger charge is -2.33. The van der Waals surface area contributed by atoms with E-state index in [9.17, 15) is 9.59 Å². The molecule has 0 aliphatic heterocycles. The van der Waals surface area contributed by atoms with E-state index >= 15 is 0 Å². The lowest BCUT2D eigenvalue weighted by atomic mass is 10.1. The molecule has 5 nitrogen and oxygen atoms in total. The first-order valence-electron chi connectivity index (χ1n) is 9.94. The smallest absolute Gasteiger partial charge is 0.261 e. The van der Waals surface area contributed by atoms with Crippen LogP contribution >= 0.6 is 34.8 Å². The Morgan fingerprint density at radius 3 is 2.23 bits per heavy atom. The second-order valence-corrected chi connectivity index (χ2v) is 9.38. The minimum Gasteiger partial charge on any atom is -0.484 e. The van der Waals surface area contributed by atoms with Gasteiger partial charge in [0.05, 0.1) is 0 Å². The van der Waals surface area contributed by atoms with Crippen molar-refractivity contribution in [2.45, 2.75) is 52.2 Å². The molecule has 0 radical (unpaired) electrons. The molecule has 8 heteroatoms. The molecule has 0 bridgehead atoms. The zero-order chi connectivity index (χ0) is 23.2. The number of amides is 2. The number of halogens is 3. The third-order valence-electron chi connectivity index (χ3n) is 4.43. The first-order valence-corrected chi connectivity index (χ1v) is 11.1. The minimum atomic E-state index is -0.720. The van der Waals surface area contributed by atoms with Gasteiger partial charge in [-0.25, -0.2) is 0 Å². The Bertz CT molecular complexity index is 908. The van der Waals surface area contributed by atoms with E-state index in [2.05, 4.69) is 5.32 Å². The molecule has 2 amide bonds. The first-order chi connectivity index (χ1) is 14.5. The van der Waals surface area contributed by atoms with Crippen molar-refractivity contribution in [1.29, 1.82) is 0 Å². The average Bonchev–Trinajstić information content (AvgIpc) is 2.67. The highest BCUT2D eigenvalue weighted by molar-refractivity contribution is 6.36. The van der Waals surface area contributed by atoms with E-state index in [0.29, 0.717) is 32.8 Å². The zero-order valence-corrected chi connectivity index (χ0v) is 20.3. The molecule has 0 spiro atoms. The summed E-state index contributed by atoms with van der Waals surface area (Å²) in [6.45, 7) is 7.32. The van der Waals surface area contributed by atoms with Crippen molar-refractivity contribution in [2.24, 2.45) is 0 Å². The van der Waals surface area contributed by atoms with Crippen molar-refractivity contribution in [3.8, 4) is 5.75 Å². The van der Waals surface area contributed by atoms with Crippen LogP contribution in [0.4, 0.5) is 0 Å². The van der Waals surface area contributed by atoms with Crippen LogP contribution in [0, 0.1) is 0 Å². The van der Waals surface area contributed by atoms with Crippen LogP contribution in [0.5, 0.6) is 5.75 Å². The molecule has 0 heterocycles. The monoisotopic (exact) mass is 484 g/mol. The lowest BCUT2D eigenvalue weighted by Crippen LogP contribution is -2.54. The summed E-state index contributed by atoms with van der Waals surface area (Å²) in [6.07, 6.45) is 0.410. The second kappa shape index (κ2) is 11.1. The molecule has 0 fully saturated rings. The SMILES string of the molecule is CC[C@@H](C(=O)NC(C)(C)C)N(Cc1c(Cl)cccc1Cl)C(=O)COc1cccc(Cl)c1. The van der Waals surface area contributed by atoms with Crippen LogP contribution in [-0.4, -0.2) is 34.9 Å². The van der Waals surface area contributed by atoms with Gasteiger partial charge in [0.15, 0.2) is 6.61 Å². The molecule has 0 unspecified atom stereocenters. The predicted molar refractivity (Wildman–Crippen MR) is 126 cm³/mol. The molecule has 0 aliphatic rings. The van der Waals surface area contributed by atoms with Gasteiger partial charge in [0.2, 0.25) is 5.91 Å². The summed E-state index contributed by atoms with van der Waals surface area (Å²) >= 11 is 18.7. The van der Waals surface area contributed by atoms with Crippen molar-refractivity contribution in [3.05, 3.63) is 63.1 Å². The van der Waals surface area contributed by atoms with Gasteiger partial charge in [-0.3, -0.25) is 9.59 Å². The molecular weight excluding hydrogens is 459 g/mol. The maximum absolute atomic E-state index is 13.2. The van der Waals surface area contributed by atoms with Crippen LogP contribution < -0.4 is 10.1 Å². The molecule has 31 heavy (non-hydrogen) atoms. The highest BCUT2D eigenvalue weighted by Crippen LogP contribution is 2.27. The van der Waals surface area contributed by atoms with Gasteiger partial charge >= 0.3 is 0 Å². The molecule has 2 rings (SSSR count). The van der Waals surface area contributed by atoms with E-state index in [4.69, 9.17) is 39.5 Å². The summed E-state index contributed by atoms with van der Waals surface area (Å²) in [6, 6.07) is 11.2. The average molecular weight is 486 g/mol. The van der Waals surface area contributed by atoms with Gasteiger partial charge in [-0.15, -0.1) is 0 Å². The van der Waals surface area contributed by atoms with Gasteiger partial charge in [-0.2, -0.15) is 0 Å². The molecule has 2 aromatic carbocycles. The lowest BCUT2D eigenvalue weighted by molar-refractivity contribution is -0.143. The van der Waals surface area contributed by atoms with Gasteiger partial charge < -0.3 is 15.0 Å². The van der Waals surface area contributed by atoms with Crippen LogP contribution in [0.2, 0.25) is 15.1 Å². The standard InChI is InChI=1S/C23H27Cl3N2O3/c1-5-20(22(30)27-23(2,3)4)28(13-17-18(25)10-7-11-19(17)26)21(29)14-31-16-9-6-8-15(24)12-16/h6-12,20H,5,13-14H2,1-4H3,(H,27,30)/t20-/m0/s1. The Morgan fingerprint density at radius 1 is 1.06 bits per heavy atom. The Labute approximate surface area is 198 Å². The summed E-state index contributed by atoms with van der Waals surface area (Å²) in [7, 11) is 0. The van der Waals surface area contributed by atoms with Gasteiger partial charge in [0, 0.05) is 32.7 Å². The molecule has 0 aliphatic carbocycles. The van der Waals surface area contributed by atoms with Crippen LogP contribution in [0.1, 0.15) is 39.7 Å². The maximum atomic E-state index is 13.2. The molecule has 0 aromatic heterocycles. The molecule has 1 N–H and O–H groups in total. The number of rotatable bonds is 8. The summed E-state index contributed by atoms with van der Waals surface area (Å²) in [5.74, 6) is -0.162. The van der Waals surface area contributed by atoms with Gasteiger partial charge in [-0.05, 0) is 57.5 Å². The van der Waals surface area contributed by atoms with Gasteiger partial charge in [0.25, 0.3) is 5.91 Å². The van der Waals surface area contributed by atoms with Gasteiger partial charge in [-0.1, -0.05) is 53.9 Å². The first kappa shape index (κ1) is 25.3. The fraction of sp³-hybridized carbons (Fsp3) is 0.391. The summed E-state index contributed by atoms with van der Waals surface area (Å²) in [5.41, 5.74) is 0.127. The summed E-state index contributed by atoms with van der Waals surface area (Å²) < 4.78 is 5.63. The largest absolute Gasteiger partial charge is 0.484 e. The summed E-state index contributed by atoms with van der Waals surface area (Å²) in [4.78, 5) is 27.6. The maximum Gasteiger partial charge on any atom is 0.261 e. The molecule has 168 valence electrons. The van der Waals surface area contributed by atoms with E-state index in [1.165, 1.54) is 4.90 Å². The molecule has 2 aromatic rings. The summed E-state index contributed by atoms with van der Waals surface area (Å²) in [5, 5.41) is 4.29. The highest BCUT2D eigenvalue weighted by Gasteiger charge is 2.31.